The molecular weight excluding hydrogens is 336 g/mol. The van der Waals surface area contributed by atoms with Crippen molar-refractivity contribution in [2.45, 2.75) is 18.6 Å². The molecule has 0 radical (unpaired) electrons. The Morgan fingerprint density at radius 2 is 1.88 bits per heavy atom. The Bertz CT molecular complexity index is 806. The molecule has 1 saturated heterocycles. The van der Waals surface area contributed by atoms with E-state index in [0.29, 0.717) is 5.56 Å². The molecule has 1 aromatic carbocycles. The largest absolute Gasteiger partial charge is 0.497 e. The lowest BCUT2D eigenvalue weighted by Crippen LogP contribution is -2.40. The van der Waals surface area contributed by atoms with Crippen molar-refractivity contribution >= 4 is 11.9 Å². The second-order valence-electron chi connectivity index (χ2n) is 6.10. The number of aliphatic carboxylic acids is 1. The first-order valence-corrected chi connectivity index (χ1v) is 8.19. The van der Waals surface area contributed by atoms with Crippen LogP contribution < -0.4 is 4.74 Å². The summed E-state index contributed by atoms with van der Waals surface area (Å²) in [5, 5.41) is 9.40. The Hall–Kier alpha value is -2.93. The molecule has 26 heavy (non-hydrogen) atoms. The van der Waals surface area contributed by atoms with Crippen LogP contribution >= 0.6 is 0 Å². The van der Waals surface area contributed by atoms with Crippen molar-refractivity contribution in [1.82, 2.24) is 9.88 Å². The van der Waals surface area contributed by atoms with Crippen LogP contribution in [-0.4, -0.2) is 59.8 Å². The van der Waals surface area contributed by atoms with Gasteiger partial charge in [-0.3, -0.25) is 9.78 Å². The van der Waals surface area contributed by atoms with Crippen LogP contribution in [0.4, 0.5) is 0 Å². The van der Waals surface area contributed by atoms with E-state index in [1.165, 1.54) is 18.2 Å². The zero-order valence-electron chi connectivity index (χ0n) is 14.6. The molecule has 1 aliphatic rings. The number of carboxylic acid groups (broad SMARTS) is 1. The number of carbonyl (C=O) groups excluding carboxylic acids is 1. The highest BCUT2D eigenvalue weighted by Crippen LogP contribution is 2.26. The highest BCUT2D eigenvalue weighted by Gasteiger charge is 2.40. The molecule has 136 valence electrons. The van der Waals surface area contributed by atoms with Gasteiger partial charge >= 0.3 is 5.97 Å². The van der Waals surface area contributed by atoms with Crippen molar-refractivity contribution in [3.05, 3.63) is 48.3 Å². The third kappa shape index (κ3) is 3.52. The molecule has 2 atom stereocenters. The predicted octanol–water partition coefficient (Wildman–Crippen LogP) is 2.07. The minimum Gasteiger partial charge on any atom is -0.497 e. The van der Waals surface area contributed by atoms with E-state index in [-0.39, 0.29) is 25.0 Å². The summed E-state index contributed by atoms with van der Waals surface area (Å²) in [5.41, 5.74) is 2.01. The monoisotopic (exact) mass is 356 g/mol. The summed E-state index contributed by atoms with van der Waals surface area (Å²) in [6.45, 7) is 0.249. The summed E-state index contributed by atoms with van der Waals surface area (Å²) in [4.78, 5) is 29.8. The van der Waals surface area contributed by atoms with Crippen LogP contribution in [0.3, 0.4) is 0 Å². The van der Waals surface area contributed by atoms with Crippen molar-refractivity contribution in [3.8, 4) is 16.9 Å². The summed E-state index contributed by atoms with van der Waals surface area (Å²) in [7, 11) is 3.11. The lowest BCUT2D eigenvalue weighted by atomic mass is 10.1. The van der Waals surface area contributed by atoms with Crippen LogP contribution in [0.2, 0.25) is 0 Å². The molecule has 0 bridgehead atoms. The maximum absolute atomic E-state index is 12.9. The molecule has 1 fully saturated rings. The summed E-state index contributed by atoms with van der Waals surface area (Å²) in [5.74, 6) is -0.655. The van der Waals surface area contributed by atoms with Gasteiger partial charge in [0.15, 0.2) is 0 Å². The van der Waals surface area contributed by atoms with Gasteiger partial charge in [-0.25, -0.2) is 4.79 Å². The average Bonchev–Trinajstić information content (AvgIpc) is 3.12. The summed E-state index contributed by atoms with van der Waals surface area (Å²) in [6.07, 6.45) is 3.12. The second kappa shape index (κ2) is 7.53. The van der Waals surface area contributed by atoms with Gasteiger partial charge in [0.1, 0.15) is 11.8 Å². The molecule has 0 aliphatic carbocycles. The lowest BCUT2D eigenvalue weighted by Gasteiger charge is -2.21. The predicted molar refractivity (Wildman–Crippen MR) is 94.1 cm³/mol. The topological polar surface area (TPSA) is 89.0 Å². The number of methoxy groups -OCH3 is 2. The minimum absolute atomic E-state index is 0.249. The van der Waals surface area contributed by atoms with E-state index in [0.717, 1.165) is 16.9 Å². The maximum Gasteiger partial charge on any atom is 0.326 e. The third-order valence-electron chi connectivity index (χ3n) is 4.55. The first-order valence-electron chi connectivity index (χ1n) is 8.19. The van der Waals surface area contributed by atoms with E-state index in [1.54, 1.807) is 19.4 Å². The van der Waals surface area contributed by atoms with Gasteiger partial charge in [-0.15, -0.1) is 0 Å². The third-order valence-corrected chi connectivity index (χ3v) is 4.55. The fraction of sp³-hybridized carbons (Fsp3) is 0.316. The number of carbonyl (C=O) groups is 2. The fourth-order valence-electron chi connectivity index (χ4n) is 3.09. The zero-order valence-corrected chi connectivity index (χ0v) is 14.6. The number of benzene rings is 1. The van der Waals surface area contributed by atoms with Crippen LogP contribution in [0.15, 0.2) is 42.7 Å². The number of amides is 1. The summed E-state index contributed by atoms with van der Waals surface area (Å²) < 4.78 is 10.4. The first kappa shape index (κ1) is 17.9. The van der Waals surface area contributed by atoms with Gasteiger partial charge in [0.25, 0.3) is 5.91 Å². The Morgan fingerprint density at radius 1 is 1.15 bits per heavy atom. The number of likely N-dealkylation sites (tertiary alicyclic amines) is 1. The van der Waals surface area contributed by atoms with Crippen LogP contribution in [0.1, 0.15) is 16.8 Å². The number of nitrogens with zero attached hydrogens (tertiary/aromatic N) is 2. The van der Waals surface area contributed by atoms with Gasteiger partial charge in [0, 0.05) is 38.0 Å². The Labute approximate surface area is 151 Å². The van der Waals surface area contributed by atoms with E-state index >= 15 is 0 Å². The molecule has 2 unspecified atom stereocenters. The van der Waals surface area contributed by atoms with Gasteiger partial charge in [-0.05, 0) is 23.8 Å². The van der Waals surface area contributed by atoms with Crippen LogP contribution in [-0.2, 0) is 9.53 Å². The second-order valence-corrected chi connectivity index (χ2v) is 6.10. The van der Waals surface area contributed by atoms with Gasteiger partial charge < -0.3 is 19.5 Å². The van der Waals surface area contributed by atoms with Crippen LogP contribution in [0.5, 0.6) is 5.75 Å². The summed E-state index contributed by atoms with van der Waals surface area (Å²) >= 11 is 0. The molecule has 0 spiro atoms. The maximum atomic E-state index is 12.9. The van der Waals surface area contributed by atoms with Crippen molar-refractivity contribution < 1.29 is 24.2 Å². The minimum atomic E-state index is -1.03. The standard InChI is InChI=1S/C19H20N2O5/c1-25-15-5-3-12(4-6-15)13-7-14(10-20-9-13)18(22)21-11-16(26-2)8-17(21)19(23)24/h3-7,9-10,16-17H,8,11H2,1-2H3,(H,23,24). The first-order chi connectivity index (χ1) is 12.5. The fourth-order valence-corrected chi connectivity index (χ4v) is 3.09. The molecule has 1 N–H and O–H groups in total. The number of ether oxygens (including phenoxy) is 2. The lowest BCUT2D eigenvalue weighted by molar-refractivity contribution is -0.141. The number of hydrogen-bond acceptors (Lipinski definition) is 5. The Kier molecular flexibility index (Phi) is 5.18. The molecule has 7 nitrogen and oxygen atoms in total. The number of hydrogen-bond donors (Lipinski definition) is 1. The molecule has 2 aromatic rings. The normalized spacial score (nSPS) is 19.4. The van der Waals surface area contributed by atoms with E-state index in [4.69, 9.17) is 9.47 Å². The van der Waals surface area contributed by atoms with E-state index in [9.17, 15) is 14.7 Å². The van der Waals surface area contributed by atoms with Gasteiger partial charge in [0.2, 0.25) is 0 Å². The number of aromatic nitrogens is 1. The molecular formula is C19H20N2O5. The molecule has 7 heteroatoms. The number of carboxylic acids is 1. The Balaban J connectivity index is 1.86. The molecule has 2 heterocycles. The highest BCUT2D eigenvalue weighted by molar-refractivity contribution is 5.97. The molecule has 0 saturated carbocycles. The van der Waals surface area contributed by atoms with Gasteiger partial charge in [-0.2, -0.15) is 0 Å². The van der Waals surface area contributed by atoms with Crippen LogP contribution in [0.25, 0.3) is 11.1 Å². The van der Waals surface area contributed by atoms with Crippen LogP contribution in [0, 0.1) is 0 Å². The van der Waals surface area contributed by atoms with Crippen molar-refractivity contribution in [2.24, 2.45) is 0 Å². The van der Waals surface area contributed by atoms with E-state index in [1.807, 2.05) is 24.3 Å². The SMILES string of the molecule is COc1ccc(-c2cncc(C(=O)N3CC(OC)CC3C(=O)O)c2)cc1. The van der Waals surface area contributed by atoms with Crippen molar-refractivity contribution in [3.63, 3.8) is 0 Å². The zero-order chi connectivity index (χ0) is 18.7. The highest BCUT2D eigenvalue weighted by atomic mass is 16.5. The summed E-state index contributed by atoms with van der Waals surface area (Å²) in [6, 6.07) is 8.23. The molecule has 1 aliphatic heterocycles. The Morgan fingerprint density at radius 3 is 2.50 bits per heavy atom. The number of pyridine rings is 1. The van der Waals surface area contributed by atoms with Crippen molar-refractivity contribution in [1.29, 1.82) is 0 Å². The average molecular weight is 356 g/mol. The quantitative estimate of drug-likeness (QED) is 0.882. The van der Waals surface area contributed by atoms with Gasteiger partial charge in [0.05, 0.1) is 18.8 Å². The smallest absolute Gasteiger partial charge is 0.326 e. The van der Waals surface area contributed by atoms with Crippen molar-refractivity contribution in [2.75, 3.05) is 20.8 Å². The molecule has 1 amide bonds. The van der Waals surface area contributed by atoms with E-state index < -0.39 is 12.0 Å². The molecule has 1 aromatic heterocycles. The van der Waals surface area contributed by atoms with E-state index in [2.05, 4.69) is 4.98 Å². The number of rotatable bonds is 5. The van der Waals surface area contributed by atoms with Gasteiger partial charge in [-0.1, -0.05) is 12.1 Å². The molecule has 3 rings (SSSR count).